The second-order valence-corrected chi connectivity index (χ2v) is 11.2. The number of halogens is 1. The molecule has 1 saturated carbocycles. The number of benzene rings is 2. The van der Waals surface area contributed by atoms with Crippen LogP contribution in [0.4, 0.5) is 0 Å². The number of rotatable bonds is 4. The van der Waals surface area contributed by atoms with E-state index in [4.69, 9.17) is 21.7 Å². The van der Waals surface area contributed by atoms with Crippen molar-refractivity contribution in [3.8, 4) is 11.5 Å². The number of thiocarbonyl (C=S) groups is 1. The zero-order chi connectivity index (χ0) is 23.1. The Morgan fingerprint density at radius 2 is 1.85 bits per heavy atom. The van der Waals surface area contributed by atoms with Crippen molar-refractivity contribution in [2.75, 3.05) is 13.3 Å². The van der Waals surface area contributed by atoms with Crippen LogP contribution in [0.1, 0.15) is 57.6 Å². The summed E-state index contributed by atoms with van der Waals surface area (Å²) in [5, 5.41) is 7.81. The Balaban J connectivity index is 0.00000274. The van der Waals surface area contributed by atoms with Gasteiger partial charge in [0, 0.05) is 29.6 Å². The Hall–Kier alpha value is -2.02. The quantitative estimate of drug-likeness (QED) is 0.564. The van der Waals surface area contributed by atoms with Gasteiger partial charge in [-0.05, 0) is 88.5 Å². The lowest BCUT2D eigenvalue weighted by atomic mass is 9.65. The maximum Gasteiger partial charge on any atom is 0.231 e. The van der Waals surface area contributed by atoms with E-state index in [1.54, 1.807) is 0 Å². The highest BCUT2D eigenvalue weighted by Crippen LogP contribution is 2.51. The van der Waals surface area contributed by atoms with Gasteiger partial charge < -0.3 is 20.1 Å². The second kappa shape index (κ2) is 9.92. The lowest BCUT2D eigenvalue weighted by Crippen LogP contribution is -2.55. The van der Waals surface area contributed by atoms with Crippen molar-refractivity contribution in [2.24, 2.45) is 0 Å². The van der Waals surface area contributed by atoms with Crippen LogP contribution in [0.15, 0.2) is 48.5 Å². The molecule has 2 fully saturated rings. The van der Waals surface area contributed by atoms with E-state index in [1.165, 1.54) is 17.5 Å². The number of ether oxygens (including phenoxy) is 2. The number of nitrogens with one attached hydrogen (secondary N) is 2. The molecular formula is C27H36ClN3O2S. The first-order valence-corrected chi connectivity index (χ1v) is 12.5. The second-order valence-electron chi connectivity index (χ2n) is 10.8. The molecule has 2 N–H and O–H groups in total. The summed E-state index contributed by atoms with van der Waals surface area (Å²) in [7, 11) is 0. The van der Waals surface area contributed by atoms with Gasteiger partial charge in [0.1, 0.15) is 0 Å². The van der Waals surface area contributed by atoms with Gasteiger partial charge in [0.15, 0.2) is 16.6 Å². The van der Waals surface area contributed by atoms with Gasteiger partial charge in [-0.25, -0.2) is 0 Å². The van der Waals surface area contributed by atoms with E-state index in [2.05, 4.69) is 84.8 Å². The highest BCUT2D eigenvalue weighted by atomic mass is 35.5. The molecule has 0 radical (unpaired) electrons. The van der Waals surface area contributed by atoms with Crippen LogP contribution in [0.5, 0.6) is 11.5 Å². The van der Waals surface area contributed by atoms with Gasteiger partial charge in [-0.3, -0.25) is 4.90 Å². The third-order valence-electron chi connectivity index (χ3n) is 7.37. The lowest BCUT2D eigenvalue weighted by molar-refractivity contribution is 0.134. The standard InChI is InChI=1S/C27H35N3O2S.ClH/c1-26(2,3)29-25(33)28-21-11-12-27(20-9-10-22-23(15-20)32-18-31-22)13-14-30(24(27)16-21)17-19-7-5-4-6-8-19;/h4-10,15,21,24H,11-14,16-18H2,1-3H3,(H2,28,29,33);1H. The first-order chi connectivity index (χ1) is 15.8. The molecule has 2 aromatic carbocycles. The summed E-state index contributed by atoms with van der Waals surface area (Å²) < 4.78 is 11.3. The monoisotopic (exact) mass is 501 g/mol. The van der Waals surface area contributed by atoms with Crippen molar-refractivity contribution in [1.29, 1.82) is 0 Å². The highest BCUT2D eigenvalue weighted by Gasteiger charge is 2.51. The van der Waals surface area contributed by atoms with Gasteiger partial charge in [-0.15, -0.1) is 12.4 Å². The van der Waals surface area contributed by atoms with Crippen LogP contribution in [0.3, 0.4) is 0 Å². The van der Waals surface area contributed by atoms with Gasteiger partial charge in [-0.1, -0.05) is 36.4 Å². The van der Waals surface area contributed by atoms with Crippen molar-refractivity contribution in [3.05, 3.63) is 59.7 Å². The van der Waals surface area contributed by atoms with E-state index in [1.807, 2.05) is 0 Å². The largest absolute Gasteiger partial charge is 0.454 e. The van der Waals surface area contributed by atoms with E-state index < -0.39 is 0 Å². The molecule has 5 rings (SSSR count). The smallest absolute Gasteiger partial charge is 0.231 e. The summed E-state index contributed by atoms with van der Waals surface area (Å²) >= 11 is 5.65. The summed E-state index contributed by atoms with van der Waals surface area (Å²) in [6.45, 7) is 8.83. The number of hydrogen-bond acceptors (Lipinski definition) is 4. The maximum absolute atomic E-state index is 5.74. The normalized spacial score (nSPS) is 25.9. The molecule has 5 nitrogen and oxygen atoms in total. The molecule has 184 valence electrons. The fraction of sp³-hybridized carbons (Fsp3) is 0.519. The molecule has 34 heavy (non-hydrogen) atoms. The van der Waals surface area contributed by atoms with Crippen molar-refractivity contribution < 1.29 is 9.47 Å². The van der Waals surface area contributed by atoms with Crippen LogP contribution in [0, 0.1) is 0 Å². The lowest BCUT2D eigenvalue weighted by Gasteiger charge is -2.46. The Kier molecular flexibility index (Phi) is 7.32. The van der Waals surface area contributed by atoms with Gasteiger partial charge in [0.2, 0.25) is 6.79 Å². The third kappa shape index (κ3) is 5.14. The third-order valence-corrected chi connectivity index (χ3v) is 7.59. The molecule has 1 aliphatic carbocycles. The van der Waals surface area contributed by atoms with Crippen LogP contribution in [0.2, 0.25) is 0 Å². The van der Waals surface area contributed by atoms with Crippen molar-refractivity contribution >= 4 is 29.7 Å². The molecule has 0 spiro atoms. The minimum absolute atomic E-state index is 0. The van der Waals surface area contributed by atoms with Gasteiger partial charge in [0.25, 0.3) is 0 Å². The number of likely N-dealkylation sites (tertiary alicyclic amines) is 1. The van der Waals surface area contributed by atoms with Crippen molar-refractivity contribution in [3.63, 3.8) is 0 Å². The topological polar surface area (TPSA) is 45.8 Å². The predicted molar refractivity (Wildman–Crippen MR) is 143 cm³/mol. The summed E-state index contributed by atoms with van der Waals surface area (Å²) in [6, 6.07) is 18.3. The fourth-order valence-corrected chi connectivity index (χ4v) is 6.36. The van der Waals surface area contributed by atoms with Crippen molar-refractivity contribution in [2.45, 2.75) is 76.0 Å². The molecule has 0 amide bonds. The molecule has 2 aliphatic heterocycles. The van der Waals surface area contributed by atoms with Crippen LogP contribution in [-0.4, -0.2) is 41.0 Å². The number of fused-ring (bicyclic) bond motifs is 2. The molecule has 7 heteroatoms. The molecule has 1 saturated heterocycles. The first kappa shape index (κ1) is 25.1. The van der Waals surface area contributed by atoms with E-state index in [0.29, 0.717) is 18.9 Å². The van der Waals surface area contributed by atoms with Gasteiger partial charge >= 0.3 is 0 Å². The Labute approximate surface area is 215 Å². The summed E-state index contributed by atoms with van der Waals surface area (Å²) in [4.78, 5) is 2.69. The fourth-order valence-electron chi connectivity index (χ4n) is 5.89. The zero-order valence-electron chi connectivity index (χ0n) is 20.3. The van der Waals surface area contributed by atoms with Crippen molar-refractivity contribution in [1.82, 2.24) is 15.5 Å². The summed E-state index contributed by atoms with van der Waals surface area (Å²) in [5.74, 6) is 1.75. The minimum atomic E-state index is -0.0400. The molecule has 0 bridgehead atoms. The Bertz CT molecular complexity index is 1010. The molecule has 2 aromatic rings. The van der Waals surface area contributed by atoms with Crippen LogP contribution < -0.4 is 20.1 Å². The van der Waals surface area contributed by atoms with E-state index in [0.717, 1.165) is 49.0 Å². The average molecular weight is 502 g/mol. The number of nitrogens with zero attached hydrogens (tertiary/aromatic N) is 1. The molecule has 3 unspecified atom stereocenters. The van der Waals surface area contributed by atoms with Gasteiger partial charge in [-0.2, -0.15) is 0 Å². The molecule has 0 aromatic heterocycles. The average Bonchev–Trinajstić information content (AvgIpc) is 3.38. The molecular weight excluding hydrogens is 466 g/mol. The molecule has 2 heterocycles. The maximum atomic E-state index is 5.74. The number of hydrogen-bond donors (Lipinski definition) is 2. The van der Waals surface area contributed by atoms with Gasteiger partial charge in [0.05, 0.1) is 0 Å². The first-order valence-electron chi connectivity index (χ1n) is 12.1. The predicted octanol–water partition coefficient (Wildman–Crippen LogP) is 5.16. The van der Waals surface area contributed by atoms with Crippen LogP contribution in [0.25, 0.3) is 0 Å². The molecule has 3 aliphatic rings. The zero-order valence-corrected chi connectivity index (χ0v) is 21.9. The Morgan fingerprint density at radius 3 is 2.62 bits per heavy atom. The molecule has 3 atom stereocenters. The summed E-state index contributed by atoms with van der Waals surface area (Å²) in [6.07, 6.45) is 4.49. The van der Waals surface area contributed by atoms with E-state index >= 15 is 0 Å². The highest BCUT2D eigenvalue weighted by molar-refractivity contribution is 7.80. The van der Waals surface area contributed by atoms with E-state index in [9.17, 15) is 0 Å². The van der Waals surface area contributed by atoms with Crippen LogP contribution in [-0.2, 0) is 12.0 Å². The summed E-state index contributed by atoms with van der Waals surface area (Å²) in [5.41, 5.74) is 2.86. The minimum Gasteiger partial charge on any atom is -0.454 e. The van der Waals surface area contributed by atoms with E-state index in [-0.39, 0.29) is 23.4 Å². The Morgan fingerprint density at radius 1 is 1.09 bits per heavy atom. The van der Waals surface area contributed by atoms with Crippen LogP contribution >= 0.6 is 24.6 Å². The SMILES string of the molecule is CC(C)(C)NC(=S)NC1CCC2(c3ccc4c(c3)OCO4)CCN(Cc3ccccc3)C2C1.Cl.